The molecular formula is C14H20ClFN2O2. The average molecular weight is 303 g/mol. The van der Waals surface area contributed by atoms with Crippen molar-refractivity contribution in [2.75, 3.05) is 13.1 Å². The predicted molar refractivity (Wildman–Crippen MR) is 77.4 cm³/mol. The number of ether oxygens (including phenoxy) is 1. The monoisotopic (exact) mass is 302 g/mol. The Morgan fingerprint density at radius 3 is 2.70 bits per heavy atom. The molecule has 112 valence electrons. The second-order valence-electron chi connectivity index (χ2n) is 5.46. The quantitative estimate of drug-likeness (QED) is 0.898. The van der Waals surface area contributed by atoms with Gasteiger partial charge in [0.2, 0.25) is 0 Å². The van der Waals surface area contributed by atoms with E-state index < -0.39 is 17.5 Å². The van der Waals surface area contributed by atoms with Crippen molar-refractivity contribution in [2.45, 2.75) is 32.3 Å². The number of rotatable bonds is 4. The molecule has 1 aromatic carbocycles. The summed E-state index contributed by atoms with van der Waals surface area (Å²) in [5.74, 6) is -0.864. The molecule has 1 aromatic rings. The maximum Gasteiger partial charge on any atom is 0.407 e. The number of nitrogens with one attached hydrogen (secondary N) is 1. The normalized spacial score (nSPS) is 12.9. The van der Waals surface area contributed by atoms with Crippen LogP contribution in [-0.4, -0.2) is 24.8 Å². The SMILES string of the molecule is CC(C)(C)OC(=O)NCC(CN)c1cccc(Cl)c1F. The Labute approximate surface area is 123 Å². The first-order valence-corrected chi connectivity index (χ1v) is 6.73. The Morgan fingerprint density at radius 2 is 2.15 bits per heavy atom. The third-order valence-electron chi connectivity index (χ3n) is 2.60. The third-order valence-corrected chi connectivity index (χ3v) is 2.89. The maximum atomic E-state index is 13.9. The number of carbonyl (C=O) groups excluding carboxylic acids is 1. The lowest BCUT2D eigenvalue weighted by atomic mass is 9.98. The topological polar surface area (TPSA) is 64.3 Å². The minimum atomic E-state index is -0.580. The molecule has 1 unspecified atom stereocenters. The fourth-order valence-electron chi connectivity index (χ4n) is 1.68. The van der Waals surface area contributed by atoms with Crippen LogP contribution < -0.4 is 11.1 Å². The number of nitrogens with two attached hydrogens (primary N) is 1. The predicted octanol–water partition coefficient (Wildman–Crippen LogP) is 3.05. The van der Waals surface area contributed by atoms with E-state index in [0.717, 1.165) is 0 Å². The van der Waals surface area contributed by atoms with Gasteiger partial charge in [-0.1, -0.05) is 23.7 Å². The van der Waals surface area contributed by atoms with E-state index in [4.69, 9.17) is 22.1 Å². The first-order chi connectivity index (χ1) is 9.24. The number of benzene rings is 1. The Kier molecular flexibility index (Phi) is 5.77. The number of hydrogen-bond acceptors (Lipinski definition) is 3. The molecule has 0 aliphatic heterocycles. The molecule has 0 radical (unpaired) electrons. The van der Waals surface area contributed by atoms with Crippen molar-refractivity contribution < 1.29 is 13.9 Å². The minimum absolute atomic E-state index is 0.0400. The lowest BCUT2D eigenvalue weighted by Gasteiger charge is -2.22. The Balaban J connectivity index is 2.69. The van der Waals surface area contributed by atoms with E-state index in [-0.39, 0.29) is 24.0 Å². The Morgan fingerprint density at radius 1 is 1.50 bits per heavy atom. The summed E-state index contributed by atoms with van der Waals surface area (Å²) < 4.78 is 19.0. The largest absolute Gasteiger partial charge is 0.444 e. The molecule has 0 fully saturated rings. The standard InChI is InChI=1S/C14H20ClFN2O2/c1-14(2,3)20-13(19)18-8-9(7-17)10-5-4-6-11(15)12(10)16/h4-6,9H,7-8,17H2,1-3H3,(H,18,19). The van der Waals surface area contributed by atoms with Crippen LogP contribution in [0.4, 0.5) is 9.18 Å². The highest BCUT2D eigenvalue weighted by molar-refractivity contribution is 6.30. The molecule has 0 bridgehead atoms. The molecule has 1 atom stereocenters. The van der Waals surface area contributed by atoms with Gasteiger partial charge in [-0.25, -0.2) is 9.18 Å². The van der Waals surface area contributed by atoms with Gasteiger partial charge in [0.25, 0.3) is 0 Å². The first kappa shape index (κ1) is 16.7. The van der Waals surface area contributed by atoms with Gasteiger partial charge in [0.1, 0.15) is 11.4 Å². The van der Waals surface area contributed by atoms with Crippen molar-refractivity contribution >= 4 is 17.7 Å². The van der Waals surface area contributed by atoms with Crippen LogP contribution in [0.15, 0.2) is 18.2 Å². The Bertz CT molecular complexity index is 475. The summed E-state index contributed by atoms with van der Waals surface area (Å²) in [6.45, 7) is 5.67. The molecular weight excluding hydrogens is 283 g/mol. The van der Waals surface area contributed by atoms with Gasteiger partial charge in [-0.3, -0.25) is 0 Å². The maximum absolute atomic E-state index is 13.9. The zero-order valence-corrected chi connectivity index (χ0v) is 12.6. The summed E-state index contributed by atoms with van der Waals surface area (Å²) in [6.07, 6.45) is -0.557. The van der Waals surface area contributed by atoms with E-state index in [0.29, 0.717) is 5.56 Å². The molecule has 0 aliphatic carbocycles. The summed E-state index contributed by atoms with van der Waals surface area (Å²) in [4.78, 5) is 11.6. The third kappa shape index (κ3) is 4.98. The van der Waals surface area contributed by atoms with Gasteiger partial charge in [0.05, 0.1) is 5.02 Å². The van der Waals surface area contributed by atoms with Gasteiger partial charge < -0.3 is 15.8 Å². The molecule has 0 aliphatic rings. The van der Waals surface area contributed by atoms with Crippen LogP contribution in [0.2, 0.25) is 5.02 Å². The summed E-state index contributed by atoms with van der Waals surface area (Å²) >= 11 is 5.74. The van der Waals surface area contributed by atoms with Crippen LogP contribution in [0.1, 0.15) is 32.3 Å². The molecule has 6 heteroatoms. The van der Waals surface area contributed by atoms with Gasteiger partial charge in [-0.15, -0.1) is 0 Å². The van der Waals surface area contributed by atoms with Crippen molar-refractivity contribution in [1.29, 1.82) is 0 Å². The van der Waals surface area contributed by atoms with Crippen molar-refractivity contribution in [2.24, 2.45) is 5.73 Å². The summed E-state index contributed by atoms with van der Waals surface area (Å²) in [7, 11) is 0. The van der Waals surface area contributed by atoms with Gasteiger partial charge in [-0.05, 0) is 32.4 Å². The zero-order valence-electron chi connectivity index (χ0n) is 11.9. The smallest absolute Gasteiger partial charge is 0.407 e. The molecule has 0 heterocycles. The van der Waals surface area contributed by atoms with Crippen molar-refractivity contribution in [3.05, 3.63) is 34.6 Å². The molecule has 0 saturated carbocycles. The second kappa shape index (κ2) is 6.90. The summed E-state index contributed by atoms with van der Waals surface area (Å²) in [5, 5.41) is 2.62. The highest BCUT2D eigenvalue weighted by atomic mass is 35.5. The van der Waals surface area contributed by atoms with Gasteiger partial charge >= 0.3 is 6.09 Å². The van der Waals surface area contributed by atoms with Gasteiger partial charge in [0, 0.05) is 19.0 Å². The van der Waals surface area contributed by atoms with Crippen molar-refractivity contribution in [1.82, 2.24) is 5.32 Å². The van der Waals surface area contributed by atoms with E-state index in [2.05, 4.69) is 5.32 Å². The van der Waals surface area contributed by atoms with Gasteiger partial charge in [-0.2, -0.15) is 0 Å². The van der Waals surface area contributed by atoms with Gasteiger partial charge in [0.15, 0.2) is 0 Å². The van der Waals surface area contributed by atoms with E-state index in [1.807, 2.05) is 0 Å². The number of carbonyl (C=O) groups is 1. The molecule has 0 saturated heterocycles. The van der Waals surface area contributed by atoms with Crippen LogP contribution in [0.3, 0.4) is 0 Å². The lowest BCUT2D eigenvalue weighted by Crippen LogP contribution is -2.36. The van der Waals surface area contributed by atoms with Crippen molar-refractivity contribution in [3.8, 4) is 0 Å². The molecule has 20 heavy (non-hydrogen) atoms. The molecule has 3 N–H and O–H groups in total. The molecule has 4 nitrogen and oxygen atoms in total. The Hall–Kier alpha value is -1.33. The number of alkyl carbamates (subject to hydrolysis) is 1. The van der Waals surface area contributed by atoms with Crippen LogP contribution >= 0.6 is 11.6 Å². The highest BCUT2D eigenvalue weighted by Crippen LogP contribution is 2.24. The van der Waals surface area contributed by atoms with Crippen LogP contribution in [0, 0.1) is 5.82 Å². The first-order valence-electron chi connectivity index (χ1n) is 6.35. The fourth-order valence-corrected chi connectivity index (χ4v) is 1.86. The zero-order chi connectivity index (χ0) is 15.3. The molecule has 0 spiro atoms. The second-order valence-corrected chi connectivity index (χ2v) is 5.87. The van der Waals surface area contributed by atoms with E-state index in [9.17, 15) is 9.18 Å². The number of amides is 1. The van der Waals surface area contributed by atoms with Crippen molar-refractivity contribution in [3.63, 3.8) is 0 Å². The molecule has 0 aromatic heterocycles. The lowest BCUT2D eigenvalue weighted by molar-refractivity contribution is 0.0524. The number of hydrogen-bond donors (Lipinski definition) is 2. The number of halogens is 2. The summed E-state index contributed by atoms with van der Waals surface area (Å²) in [6, 6.07) is 4.72. The minimum Gasteiger partial charge on any atom is -0.444 e. The highest BCUT2D eigenvalue weighted by Gasteiger charge is 2.20. The fraction of sp³-hybridized carbons (Fsp3) is 0.500. The molecule has 1 rings (SSSR count). The van der Waals surface area contributed by atoms with E-state index >= 15 is 0 Å². The van der Waals surface area contributed by atoms with Crippen LogP contribution in [0.5, 0.6) is 0 Å². The molecule has 1 amide bonds. The summed E-state index contributed by atoms with van der Waals surface area (Å²) in [5.41, 5.74) is 5.44. The average Bonchev–Trinajstić information content (AvgIpc) is 2.32. The van der Waals surface area contributed by atoms with E-state index in [1.54, 1.807) is 32.9 Å². The van der Waals surface area contributed by atoms with E-state index in [1.165, 1.54) is 6.07 Å². The van der Waals surface area contributed by atoms with Crippen LogP contribution in [0.25, 0.3) is 0 Å². The van der Waals surface area contributed by atoms with Crippen LogP contribution in [-0.2, 0) is 4.74 Å².